The largest absolute Gasteiger partial charge is 0.316 e. The maximum atomic E-state index is 6.38. The normalized spacial score (nSPS) is 12.3. The summed E-state index contributed by atoms with van der Waals surface area (Å²) >= 11 is 6.38. The third-order valence-corrected chi connectivity index (χ3v) is 4.24. The first-order valence-corrected chi connectivity index (χ1v) is 8.15. The van der Waals surface area contributed by atoms with Crippen molar-refractivity contribution in [2.45, 2.75) is 32.6 Å². The van der Waals surface area contributed by atoms with Gasteiger partial charge in [0.15, 0.2) is 0 Å². The number of hydrogen-bond acceptors (Lipinski definition) is 1. The van der Waals surface area contributed by atoms with E-state index in [0.717, 1.165) is 31.0 Å². The average molecular weight is 302 g/mol. The molecule has 0 aromatic heterocycles. The van der Waals surface area contributed by atoms with Crippen molar-refractivity contribution < 1.29 is 0 Å². The molecule has 1 unspecified atom stereocenters. The lowest BCUT2D eigenvalue weighted by Crippen LogP contribution is -2.23. The molecule has 112 valence electrons. The molecule has 0 saturated carbocycles. The Morgan fingerprint density at radius 3 is 2.24 bits per heavy atom. The van der Waals surface area contributed by atoms with Crippen LogP contribution in [0.2, 0.25) is 5.02 Å². The van der Waals surface area contributed by atoms with Gasteiger partial charge in [0, 0.05) is 17.5 Å². The van der Waals surface area contributed by atoms with Crippen molar-refractivity contribution in [1.29, 1.82) is 0 Å². The van der Waals surface area contributed by atoms with E-state index in [4.69, 9.17) is 11.6 Å². The monoisotopic (exact) mass is 301 g/mol. The summed E-state index contributed by atoms with van der Waals surface area (Å²) in [5.74, 6) is 0.408. The molecule has 0 spiro atoms. The molecule has 0 aliphatic heterocycles. The molecule has 2 aromatic rings. The summed E-state index contributed by atoms with van der Waals surface area (Å²) in [5.41, 5.74) is 3.99. The Labute approximate surface area is 133 Å². The molecule has 1 nitrogen and oxygen atoms in total. The Morgan fingerprint density at radius 1 is 0.952 bits per heavy atom. The number of aryl methyl sites for hydroxylation is 1. The predicted molar refractivity (Wildman–Crippen MR) is 92.3 cm³/mol. The first kappa shape index (κ1) is 16.1. The minimum Gasteiger partial charge on any atom is -0.316 e. The van der Waals surface area contributed by atoms with Gasteiger partial charge in [-0.1, -0.05) is 67.9 Å². The van der Waals surface area contributed by atoms with Gasteiger partial charge in [0.1, 0.15) is 0 Å². The number of rotatable bonds is 7. The molecule has 0 bridgehead atoms. The summed E-state index contributed by atoms with van der Waals surface area (Å²) in [7, 11) is 0. The fourth-order valence-electron chi connectivity index (χ4n) is 2.61. The van der Waals surface area contributed by atoms with Gasteiger partial charge in [0.2, 0.25) is 0 Å². The predicted octanol–water partition coefficient (Wildman–Crippen LogP) is 4.84. The second-order valence-electron chi connectivity index (χ2n) is 5.40. The third kappa shape index (κ3) is 4.59. The number of hydrogen-bond donors (Lipinski definition) is 1. The van der Waals surface area contributed by atoms with Crippen LogP contribution in [0.5, 0.6) is 0 Å². The lowest BCUT2D eigenvalue weighted by atomic mass is 9.91. The van der Waals surface area contributed by atoms with Gasteiger partial charge in [0.05, 0.1) is 0 Å². The van der Waals surface area contributed by atoms with Crippen LogP contribution in [0.1, 0.15) is 36.5 Å². The molecule has 2 rings (SSSR count). The molecule has 0 amide bonds. The Hall–Kier alpha value is -1.31. The van der Waals surface area contributed by atoms with Crippen LogP contribution in [0.4, 0.5) is 0 Å². The summed E-state index contributed by atoms with van der Waals surface area (Å²) < 4.78 is 0. The van der Waals surface area contributed by atoms with Crippen LogP contribution >= 0.6 is 11.6 Å². The lowest BCUT2D eigenvalue weighted by molar-refractivity contribution is 0.595. The molecule has 0 heterocycles. The molecule has 0 aliphatic rings. The highest BCUT2D eigenvalue weighted by Gasteiger charge is 2.14. The molecule has 2 aromatic carbocycles. The smallest absolute Gasteiger partial charge is 0.0441 e. The number of benzene rings is 2. The van der Waals surface area contributed by atoms with Crippen LogP contribution in [0.3, 0.4) is 0 Å². The maximum Gasteiger partial charge on any atom is 0.0441 e. The van der Waals surface area contributed by atoms with E-state index in [1.807, 2.05) is 12.1 Å². The summed E-state index contributed by atoms with van der Waals surface area (Å²) in [6.45, 7) is 6.26. The zero-order valence-electron chi connectivity index (χ0n) is 12.9. The molecule has 0 fully saturated rings. The van der Waals surface area contributed by atoms with E-state index in [-0.39, 0.29) is 0 Å². The fraction of sp³-hybridized carbons (Fsp3) is 0.368. The van der Waals surface area contributed by atoms with Crippen LogP contribution in [0.25, 0.3) is 0 Å². The minimum atomic E-state index is 0.408. The minimum absolute atomic E-state index is 0.408. The Bertz CT molecular complexity index is 548. The van der Waals surface area contributed by atoms with Gasteiger partial charge >= 0.3 is 0 Å². The van der Waals surface area contributed by atoms with E-state index in [2.05, 4.69) is 55.6 Å². The second-order valence-corrected chi connectivity index (χ2v) is 5.81. The van der Waals surface area contributed by atoms with Crippen molar-refractivity contribution in [3.05, 3.63) is 70.2 Å². The Morgan fingerprint density at radius 2 is 1.62 bits per heavy atom. The van der Waals surface area contributed by atoms with Gasteiger partial charge < -0.3 is 5.32 Å². The van der Waals surface area contributed by atoms with Crippen LogP contribution in [0.15, 0.2) is 48.5 Å². The number of likely N-dealkylation sites (N-methyl/N-ethyl adjacent to an activating group) is 1. The SMILES string of the molecule is CCNCC(Cc1ccc(CC)cc1)c1ccccc1Cl. The molecule has 0 saturated heterocycles. The third-order valence-electron chi connectivity index (χ3n) is 3.90. The topological polar surface area (TPSA) is 12.0 Å². The molecular weight excluding hydrogens is 278 g/mol. The van der Waals surface area contributed by atoms with E-state index >= 15 is 0 Å². The number of halogens is 1. The average Bonchev–Trinajstić information content (AvgIpc) is 2.53. The zero-order valence-corrected chi connectivity index (χ0v) is 13.7. The van der Waals surface area contributed by atoms with E-state index in [1.165, 1.54) is 16.7 Å². The first-order valence-electron chi connectivity index (χ1n) is 7.77. The van der Waals surface area contributed by atoms with Crippen LogP contribution in [-0.4, -0.2) is 13.1 Å². The summed E-state index contributed by atoms with van der Waals surface area (Å²) in [6.07, 6.45) is 2.10. The highest BCUT2D eigenvalue weighted by Crippen LogP contribution is 2.27. The quantitative estimate of drug-likeness (QED) is 0.772. The van der Waals surface area contributed by atoms with Gasteiger partial charge in [-0.15, -0.1) is 0 Å². The van der Waals surface area contributed by atoms with Gasteiger partial charge in [-0.25, -0.2) is 0 Å². The van der Waals surface area contributed by atoms with Crippen molar-refractivity contribution in [3.8, 4) is 0 Å². The van der Waals surface area contributed by atoms with E-state index in [1.54, 1.807) is 0 Å². The molecule has 0 radical (unpaired) electrons. The van der Waals surface area contributed by atoms with Crippen molar-refractivity contribution >= 4 is 11.6 Å². The molecular formula is C19H24ClN. The highest BCUT2D eigenvalue weighted by molar-refractivity contribution is 6.31. The molecule has 2 heteroatoms. The van der Waals surface area contributed by atoms with Crippen molar-refractivity contribution in [1.82, 2.24) is 5.32 Å². The Kier molecular flexibility index (Phi) is 6.28. The standard InChI is InChI=1S/C19H24ClN/c1-3-15-9-11-16(12-10-15)13-17(14-21-4-2)18-7-5-6-8-19(18)20/h5-12,17,21H,3-4,13-14H2,1-2H3. The van der Waals surface area contributed by atoms with E-state index in [0.29, 0.717) is 5.92 Å². The summed E-state index contributed by atoms with van der Waals surface area (Å²) in [5, 5.41) is 4.32. The van der Waals surface area contributed by atoms with E-state index in [9.17, 15) is 0 Å². The van der Waals surface area contributed by atoms with Gasteiger partial charge in [0.25, 0.3) is 0 Å². The van der Waals surface area contributed by atoms with E-state index < -0.39 is 0 Å². The first-order chi connectivity index (χ1) is 10.2. The zero-order chi connectivity index (χ0) is 15.1. The van der Waals surface area contributed by atoms with Crippen molar-refractivity contribution in [2.24, 2.45) is 0 Å². The lowest BCUT2D eigenvalue weighted by Gasteiger charge is -2.19. The highest BCUT2D eigenvalue weighted by atomic mass is 35.5. The fourth-order valence-corrected chi connectivity index (χ4v) is 2.90. The van der Waals surface area contributed by atoms with Gasteiger partial charge in [-0.3, -0.25) is 0 Å². The Balaban J connectivity index is 2.17. The molecule has 1 N–H and O–H groups in total. The van der Waals surface area contributed by atoms with Gasteiger partial charge in [-0.05, 0) is 42.1 Å². The van der Waals surface area contributed by atoms with Crippen molar-refractivity contribution in [2.75, 3.05) is 13.1 Å². The van der Waals surface area contributed by atoms with Crippen molar-refractivity contribution in [3.63, 3.8) is 0 Å². The summed E-state index contributed by atoms with van der Waals surface area (Å²) in [4.78, 5) is 0. The van der Waals surface area contributed by atoms with Crippen LogP contribution in [0, 0.1) is 0 Å². The second kappa shape index (κ2) is 8.21. The van der Waals surface area contributed by atoms with Crippen LogP contribution in [-0.2, 0) is 12.8 Å². The molecule has 0 aliphatic carbocycles. The molecule has 1 atom stereocenters. The van der Waals surface area contributed by atoms with Crippen LogP contribution < -0.4 is 5.32 Å². The maximum absolute atomic E-state index is 6.38. The number of nitrogens with one attached hydrogen (secondary N) is 1. The van der Waals surface area contributed by atoms with Gasteiger partial charge in [-0.2, -0.15) is 0 Å². The summed E-state index contributed by atoms with van der Waals surface area (Å²) in [6, 6.07) is 17.1. The molecule has 21 heavy (non-hydrogen) atoms.